The number of halogens is 4. The Bertz CT molecular complexity index is 354. The molecule has 0 N–H and O–H groups in total. The Kier molecular flexibility index (Phi) is 5.24. The summed E-state index contributed by atoms with van der Waals surface area (Å²) in [5.74, 6) is -9.82. The fourth-order valence-electron chi connectivity index (χ4n) is 0.752. The molecule has 1 aromatic carbocycles. The summed E-state index contributed by atoms with van der Waals surface area (Å²) in [5, 5.41) is 10.0. The maximum Gasteiger partial charge on any atom is 1.00 e. The largest absolute Gasteiger partial charge is 1.00 e. The van der Waals surface area contributed by atoms with Gasteiger partial charge in [0.2, 0.25) is 0 Å². The van der Waals surface area contributed by atoms with Gasteiger partial charge in [0.1, 0.15) is 0 Å². The van der Waals surface area contributed by atoms with Gasteiger partial charge in [-0.25, -0.2) is 17.6 Å². The van der Waals surface area contributed by atoms with Crippen LogP contribution >= 0.6 is 0 Å². The minimum atomic E-state index is -2.31. The molecule has 0 fully saturated rings. The second kappa shape index (κ2) is 5.22. The Balaban J connectivity index is 0.00000169. The summed E-state index contributed by atoms with van der Waals surface area (Å²) in [4.78, 5) is 10.0. The topological polar surface area (TPSA) is 40.1 Å². The number of aromatic carboxylic acids is 1. The predicted molar refractivity (Wildman–Crippen MR) is 30.6 cm³/mol. The standard InChI is InChI=1S/C7H2F4O2.K/c8-2-1-3(9)6(11)4(5(2)10)7(12)13;/h1H,(H,12,13);/q;+1/p-1. The van der Waals surface area contributed by atoms with E-state index in [0.717, 1.165) is 0 Å². The molecule has 0 heterocycles. The molecule has 2 nitrogen and oxygen atoms in total. The fourth-order valence-corrected chi connectivity index (χ4v) is 0.752. The van der Waals surface area contributed by atoms with Crippen molar-refractivity contribution in [1.29, 1.82) is 0 Å². The smallest absolute Gasteiger partial charge is 0.545 e. The van der Waals surface area contributed by atoms with Crippen LogP contribution in [0.3, 0.4) is 0 Å². The van der Waals surface area contributed by atoms with Crippen LogP contribution in [0.15, 0.2) is 6.07 Å². The molecular weight excluding hydrogens is 231 g/mol. The van der Waals surface area contributed by atoms with E-state index in [2.05, 4.69) is 0 Å². The molecule has 0 aliphatic heterocycles. The second-order valence-electron chi connectivity index (χ2n) is 2.13. The summed E-state index contributed by atoms with van der Waals surface area (Å²) in [7, 11) is 0. The first-order valence-electron chi connectivity index (χ1n) is 2.99. The number of carbonyl (C=O) groups is 1. The van der Waals surface area contributed by atoms with Crippen molar-refractivity contribution in [2.24, 2.45) is 0 Å². The average Bonchev–Trinajstić information content (AvgIpc) is 2.01. The Labute approximate surface area is 118 Å². The van der Waals surface area contributed by atoms with Gasteiger partial charge in [-0.05, 0) is 0 Å². The average molecular weight is 232 g/mol. The summed E-state index contributed by atoms with van der Waals surface area (Å²) in [5.41, 5.74) is -1.74. The van der Waals surface area contributed by atoms with Crippen molar-refractivity contribution < 1.29 is 78.8 Å². The minimum absolute atomic E-state index is 0. The van der Waals surface area contributed by atoms with Crippen molar-refractivity contribution >= 4 is 5.97 Å². The minimum Gasteiger partial charge on any atom is -0.545 e. The van der Waals surface area contributed by atoms with Crippen molar-refractivity contribution in [3.63, 3.8) is 0 Å². The maximum absolute atomic E-state index is 12.5. The van der Waals surface area contributed by atoms with Gasteiger partial charge in [-0.1, -0.05) is 0 Å². The van der Waals surface area contributed by atoms with Crippen LogP contribution in [0.4, 0.5) is 17.6 Å². The summed E-state index contributed by atoms with van der Waals surface area (Å²) in [6, 6.07) is -0.0862. The van der Waals surface area contributed by atoms with Gasteiger partial charge in [-0.2, -0.15) is 0 Å². The molecule has 0 spiro atoms. The van der Waals surface area contributed by atoms with Gasteiger partial charge in [0.05, 0.1) is 11.5 Å². The van der Waals surface area contributed by atoms with Crippen molar-refractivity contribution in [2.75, 3.05) is 0 Å². The van der Waals surface area contributed by atoms with Crippen LogP contribution in [0, 0.1) is 23.3 Å². The molecule has 0 amide bonds. The van der Waals surface area contributed by atoms with E-state index < -0.39 is 34.8 Å². The number of carboxylic acids is 1. The molecular formula is C7HF4KO2. The number of carbonyl (C=O) groups excluding carboxylic acids is 1. The third-order valence-corrected chi connectivity index (χ3v) is 1.32. The zero-order valence-corrected chi connectivity index (χ0v) is 10.0. The first-order valence-corrected chi connectivity index (χ1v) is 2.99. The van der Waals surface area contributed by atoms with Gasteiger partial charge in [0.25, 0.3) is 0 Å². The zero-order chi connectivity index (χ0) is 10.2. The van der Waals surface area contributed by atoms with E-state index >= 15 is 0 Å². The van der Waals surface area contributed by atoms with E-state index in [1.54, 1.807) is 0 Å². The van der Waals surface area contributed by atoms with Crippen molar-refractivity contribution in [1.82, 2.24) is 0 Å². The van der Waals surface area contributed by atoms with Gasteiger partial charge < -0.3 is 9.90 Å². The molecule has 14 heavy (non-hydrogen) atoms. The van der Waals surface area contributed by atoms with Gasteiger partial charge in [0.15, 0.2) is 23.3 Å². The molecule has 7 heteroatoms. The molecule has 1 aromatic rings. The Hall–Kier alpha value is 0.0464. The number of benzene rings is 1. The van der Waals surface area contributed by atoms with Gasteiger partial charge >= 0.3 is 51.4 Å². The molecule has 0 bridgehead atoms. The van der Waals surface area contributed by atoms with Crippen LogP contribution < -0.4 is 56.5 Å². The van der Waals surface area contributed by atoms with E-state index in [4.69, 9.17) is 0 Å². The molecule has 0 aromatic heterocycles. The van der Waals surface area contributed by atoms with E-state index in [1.165, 1.54) is 0 Å². The first kappa shape index (κ1) is 14.0. The number of carboxylic acid groups (broad SMARTS) is 1. The summed E-state index contributed by atoms with van der Waals surface area (Å²) in [6.45, 7) is 0. The molecule has 0 aliphatic carbocycles. The molecule has 1 rings (SSSR count). The predicted octanol–water partition coefficient (Wildman–Crippen LogP) is -2.39. The normalized spacial score (nSPS) is 9.43. The third kappa shape index (κ3) is 2.54. The number of rotatable bonds is 1. The van der Waals surface area contributed by atoms with Gasteiger partial charge in [-0.3, -0.25) is 0 Å². The number of hydrogen-bond donors (Lipinski definition) is 0. The molecule has 0 saturated heterocycles. The molecule has 0 unspecified atom stereocenters. The van der Waals surface area contributed by atoms with Gasteiger partial charge in [0, 0.05) is 6.07 Å². The summed E-state index contributed by atoms with van der Waals surface area (Å²) in [6.07, 6.45) is 0. The van der Waals surface area contributed by atoms with Crippen molar-refractivity contribution in [3.05, 3.63) is 34.9 Å². The van der Waals surface area contributed by atoms with Crippen LogP contribution in [0.25, 0.3) is 0 Å². The van der Waals surface area contributed by atoms with E-state index in [-0.39, 0.29) is 57.5 Å². The Morgan fingerprint density at radius 1 is 1.07 bits per heavy atom. The Morgan fingerprint density at radius 3 is 1.71 bits per heavy atom. The molecule has 70 valence electrons. The quantitative estimate of drug-likeness (QED) is 0.308. The fraction of sp³-hybridized carbons (Fsp3) is 0. The third-order valence-electron chi connectivity index (χ3n) is 1.32. The van der Waals surface area contributed by atoms with Crippen LogP contribution in [-0.4, -0.2) is 5.97 Å². The zero-order valence-electron chi connectivity index (χ0n) is 6.91. The summed E-state index contributed by atoms with van der Waals surface area (Å²) >= 11 is 0. The monoisotopic (exact) mass is 232 g/mol. The van der Waals surface area contributed by atoms with Crippen LogP contribution in [0.5, 0.6) is 0 Å². The molecule has 0 atom stereocenters. The van der Waals surface area contributed by atoms with Crippen molar-refractivity contribution in [2.45, 2.75) is 0 Å². The SMILES string of the molecule is O=C([O-])c1c(F)c(F)cc(F)c1F.[K+]. The molecule has 0 aliphatic rings. The van der Waals surface area contributed by atoms with E-state index in [9.17, 15) is 27.5 Å². The molecule has 0 radical (unpaired) electrons. The van der Waals surface area contributed by atoms with Crippen molar-refractivity contribution in [3.8, 4) is 0 Å². The van der Waals surface area contributed by atoms with E-state index in [0.29, 0.717) is 0 Å². The maximum atomic E-state index is 12.5. The Morgan fingerprint density at radius 2 is 1.43 bits per heavy atom. The van der Waals surface area contributed by atoms with Crippen LogP contribution in [0.2, 0.25) is 0 Å². The number of hydrogen-bond acceptors (Lipinski definition) is 2. The second-order valence-corrected chi connectivity index (χ2v) is 2.13. The van der Waals surface area contributed by atoms with Crippen LogP contribution in [-0.2, 0) is 0 Å². The van der Waals surface area contributed by atoms with Crippen LogP contribution in [0.1, 0.15) is 10.4 Å². The van der Waals surface area contributed by atoms with E-state index in [1.807, 2.05) is 0 Å². The summed E-state index contributed by atoms with van der Waals surface area (Å²) < 4.78 is 49.6. The first-order chi connectivity index (χ1) is 5.95. The van der Waals surface area contributed by atoms with Gasteiger partial charge in [-0.15, -0.1) is 0 Å². The molecule has 0 saturated carbocycles.